The molecular formula is C11H17ClN2O2S. The van der Waals surface area contributed by atoms with Crippen molar-refractivity contribution in [3.8, 4) is 0 Å². The van der Waals surface area contributed by atoms with E-state index in [4.69, 9.17) is 5.73 Å². The van der Waals surface area contributed by atoms with Crippen LogP contribution in [0.15, 0.2) is 23.2 Å². The lowest BCUT2D eigenvalue weighted by molar-refractivity contribution is 0.347. The zero-order valence-electron chi connectivity index (χ0n) is 9.50. The first kappa shape index (κ1) is 14.4. The molecule has 1 heterocycles. The van der Waals surface area contributed by atoms with Crippen molar-refractivity contribution >= 4 is 22.2 Å². The van der Waals surface area contributed by atoms with Crippen LogP contribution in [-0.2, 0) is 16.4 Å². The van der Waals surface area contributed by atoms with Crippen LogP contribution in [0, 0.1) is 5.92 Å². The van der Waals surface area contributed by atoms with Gasteiger partial charge in [0.15, 0.2) is 9.84 Å². The van der Waals surface area contributed by atoms with Gasteiger partial charge in [-0.15, -0.1) is 12.4 Å². The summed E-state index contributed by atoms with van der Waals surface area (Å²) in [5.41, 5.74) is 6.12. The fourth-order valence-electron chi connectivity index (χ4n) is 1.78. The molecule has 4 nitrogen and oxygen atoms in total. The minimum Gasteiger partial charge on any atom is -0.325 e. The lowest BCUT2D eigenvalue weighted by atomic mass is 9.87. The minimum absolute atomic E-state index is 0. The van der Waals surface area contributed by atoms with E-state index in [0.717, 1.165) is 19.3 Å². The van der Waals surface area contributed by atoms with Gasteiger partial charge in [-0.25, -0.2) is 8.42 Å². The molecule has 0 unspecified atom stereocenters. The van der Waals surface area contributed by atoms with E-state index in [-0.39, 0.29) is 18.2 Å². The second kappa shape index (κ2) is 5.80. The minimum atomic E-state index is -3.15. The van der Waals surface area contributed by atoms with Crippen molar-refractivity contribution in [2.45, 2.75) is 30.7 Å². The Hall–Kier alpha value is -0.650. The summed E-state index contributed by atoms with van der Waals surface area (Å²) in [6.07, 6.45) is 4.64. The van der Waals surface area contributed by atoms with Crippen LogP contribution in [0.2, 0.25) is 0 Å². The Morgan fingerprint density at radius 3 is 2.47 bits per heavy atom. The highest BCUT2D eigenvalue weighted by Gasteiger charge is 2.25. The smallest absolute Gasteiger partial charge is 0.180 e. The second-order valence-electron chi connectivity index (χ2n) is 4.27. The number of nitrogens with two attached hydrogens (primary N) is 1. The molecule has 1 aliphatic carbocycles. The largest absolute Gasteiger partial charge is 0.325 e. The molecule has 1 saturated carbocycles. The number of halogens is 1. The van der Waals surface area contributed by atoms with Gasteiger partial charge in [-0.3, -0.25) is 4.98 Å². The zero-order chi connectivity index (χ0) is 11.6. The van der Waals surface area contributed by atoms with E-state index in [9.17, 15) is 8.42 Å². The van der Waals surface area contributed by atoms with Crippen molar-refractivity contribution in [2.75, 3.05) is 5.75 Å². The first-order valence-electron chi connectivity index (χ1n) is 5.49. The summed E-state index contributed by atoms with van der Waals surface area (Å²) in [5, 5.41) is 0. The molecule has 1 aliphatic rings. The van der Waals surface area contributed by atoms with Crippen LogP contribution >= 0.6 is 12.4 Å². The molecule has 1 aromatic heterocycles. The molecule has 1 aromatic rings. The fraction of sp³-hybridized carbons (Fsp3) is 0.545. The summed E-state index contributed by atoms with van der Waals surface area (Å²) in [4.78, 5) is 4.33. The van der Waals surface area contributed by atoms with Gasteiger partial charge in [-0.2, -0.15) is 0 Å². The number of aromatic nitrogens is 1. The highest BCUT2D eigenvalue weighted by Crippen LogP contribution is 2.29. The maximum Gasteiger partial charge on any atom is 0.180 e. The Morgan fingerprint density at radius 2 is 2.06 bits per heavy atom. The number of pyridine rings is 1. The Bertz CT molecular complexity index is 455. The van der Waals surface area contributed by atoms with Gasteiger partial charge in [-0.1, -0.05) is 6.42 Å². The Balaban J connectivity index is 0.00000144. The Morgan fingerprint density at radius 1 is 1.35 bits per heavy atom. The normalized spacial score (nSPS) is 16.1. The van der Waals surface area contributed by atoms with Gasteiger partial charge >= 0.3 is 0 Å². The first-order chi connectivity index (χ1) is 7.62. The molecule has 0 atom stereocenters. The molecule has 0 amide bonds. The van der Waals surface area contributed by atoms with Crippen LogP contribution in [0.5, 0.6) is 0 Å². The summed E-state index contributed by atoms with van der Waals surface area (Å²) >= 11 is 0. The molecule has 6 heteroatoms. The lowest BCUT2D eigenvalue weighted by Crippen LogP contribution is -2.22. The summed E-state index contributed by atoms with van der Waals surface area (Å²) in [6.45, 7) is 0.336. The number of nitrogens with zero attached hydrogens (tertiary/aromatic N) is 1. The standard InChI is InChI=1S/C11H16N2O2S.ClH/c12-6-10-4-5-11(7-13-10)16(14,15)8-9-2-1-3-9;/h4-5,7,9H,1-3,6,8,12H2;1H. The summed E-state index contributed by atoms with van der Waals surface area (Å²) < 4.78 is 23.9. The molecule has 1 fully saturated rings. The van der Waals surface area contributed by atoms with Gasteiger partial charge in [0, 0.05) is 12.7 Å². The van der Waals surface area contributed by atoms with Crippen molar-refractivity contribution in [1.82, 2.24) is 4.98 Å². The molecule has 0 aromatic carbocycles. The van der Waals surface area contributed by atoms with E-state index >= 15 is 0 Å². The SMILES string of the molecule is Cl.NCc1ccc(S(=O)(=O)CC2CCC2)cn1. The van der Waals surface area contributed by atoms with Crippen LogP contribution in [0.25, 0.3) is 0 Å². The Kier molecular flexibility index (Phi) is 4.91. The number of sulfone groups is 1. The maximum atomic E-state index is 12.0. The third-order valence-electron chi connectivity index (χ3n) is 3.05. The van der Waals surface area contributed by atoms with Crippen LogP contribution in [0.3, 0.4) is 0 Å². The van der Waals surface area contributed by atoms with E-state index in [1.54, 1.807) is 12.1 Å². The third kappa shape index (κ3) is 3.40. The van der Waals surface area contributed by atoms with Crippen LogP contribution in [0.4, 0.5) is 0 Å². The van der Waals surface area contributed by atoms with Crippen LogP contribution in [0.1, 0.15) is 25.0 Å². The van der Waals surface area contributed by atoms with Crippen molar-refractivity contribution in [1.29, 1.82) is 0 Å². The molecule has 0 bridgehead atoms. The van der Waals surface area contributed by atoms with Crippen molar-refractivity contribution in [3.63, 3.8) is 0 Å². The Labute approximate surface area is 108 Å². The molecule has 0 spiro atoms. The highest BCUT2D eigenvalue weighted by atomic mass is 35.5. The number of hydrogen-bond donors (Lipinski definition) is 1. The van der Waals surface area contributed by atoms with Crippen LogP contribution < -0.4 is 5.73 Å². The lowest BCUT2D eigenvalue weighted by Gasteiger charge is -2.24. The molecular weight excluding hydrogens is 260 g/mol. The van der Waals surface area contributed by atoms with Crippen molar-refractivity contribution in [2.24, 2.45) is 11.7 Å². The topological polar surface area (TPSA) is 73.1 Å². The monoisotopic (exact) mass is 276 g/mol. The van der Waals surface area contributed by atoms with Crippen molar-refractivity contribution in [3.05, 3.63) is 24.0 Å². The summed E-state index contributed by atoms with van der Waals surface area (Å²) in [7, 11) is -3.15. The molecule has 0 saturated heterocycles. The first-order valence-corrected chi connectivity index (χ1v) is 7.15. The molecule has 0 aliphatic heterocycles. The van der Waals surface area contributed by atoms with Gasteiger partial charge in [-0.05, 0) is 30.9 Å². The van der Waals surface area contributed by atoms with Gasteiger partial charge in [0.1, 0.15) is 0 Å². The van der Waals surface area contributed by atoms with E-state index in [1.807, 2.05) is 0 Å². The quantitative estimate of drug-likeness (QED) is 0.905. The third-order valence-corrected chi connectivity index (χ3v) is 4.92. The summed E-state index contributed by atoms with van der Waals surface area (Å²) in [6, 6.07) is 3.27. The predicted octanol–water partition coefficient (Wildman–Crippen LogP) is 1.54. The molecule has 96 valence electrons. The molecule has 17 heavy (non-hydrogen) atoms. The van der Waals surface area contributed by atoms with Gasteiger partial charge < -0.3 is 5.73 Å². The van der Waals surface area contributed by atoms with Gasteiger partial charge in [0.25, 0.3) is 0 Å². The maximum absolute atomic E-state index is 12.0. The van der Waals surface area contributed by atoms with E-state index in [1.165, 1.54) is 6.20 Å². The second-order valence-corrected chi connectivity index (χ2v) is 6.30. The average Bonchev–Trinajstić information content (AvgIpc) is 2.24. The van der Waals surface area contributed by atoms with Crippen LogP contribution in [-0.4, -0.2) is 19.2 Å². The zero-order valence-corrected chi connectivity index (χ0v) is 11.1. The fourth-order valence-corrected chi connectivity index (χ4v) is 3.42. The molecule has 2 N–H and O–H groups in total. The van der Waals surface area contributed by atoms with Gasteiger partial charge in [0.05, 0.1) is 16.3 Å². The number of rotatable bonds is 4. The van der Waals surface area contributed by atoms with E-state index < -0.39 is 9.84 Å². The van der Waals surface area contributed by atoms with Crippen molar-refractivity contribution < 1.29 is 8.42 Å². The predicted molar refractivity (Wildman–Crippen MR) is 68.8 cm³/mol. The molecule has 2 rings (SSSR count). The molecule has 0 radical (unpaired) electrons. The number of hydrogen-bond acceptors (Lipinski definition) is 4. The summed E-state index contributed by atoms with van der Waals surface area (Å²) in [5.74, 6) is 0.607. The average molecular weight is 277 g/mol. The van der Waals surface area contributed by atoms with E-state index in [0.29, 0.717) is 23.1 Å². The highest BCUT2D eigenvalue weighted by molar-refractivity contribution is 7.91. The van der Waals surface area contributed by atoms with E-state index in [2.05, 4.69) is 4.98 Å². The van der Waals surface area contributed by atoms with Gasteiger partial charge in [0.2, 0.25) is 0 Å².